The van der Waals surface area contributed by atoms with Gasteiger partial charge in [-0.25, -0.2) is 13.2 Å². The number of sulfone groups is 1. The van der Waals surface area contributed by atoms with E-state index in [2.05, 4.69) is 5.32 Å². The van der Waals surface area contributed by atoms with E-state index >= 15 is 0 Å². The summed E-state index contributed by atoms with van der Waals surface area (Å²) in [6.07, 6.45) is -1.12. The number of hydrogen-bond acceptors (Lipinski definition) is 5. The molecule has 0 saturated heterocycles. The smallest absolute Gasteiger partial charge is 0.341 e. The summed E-state index contributed by atoms with van der Waals surface area (Å²) in [5, 5.41) is 2.59. The predicted molar refractivity (Wildman–Crippen MR) is 94.3 cm³/mol. The van der Waals surface area contributed by atoms with Crippen LogP contribution in [0.2, 0.25) is 0 Å². The van der Waals surface area contributed by atoms with Crippen molar-refractivity contribution in [3.05, 3.63) is 59.7 Å². The Hall–Kier alpha value is -2.81. The molecule has 0 unspecified atom stereocenters. The van der Waals surface area contributed by atoms with E-state index in [1.807, 2.05) is 6.92 Å². The van der Waals surface area contributed by atoms with Gasteiger partial charge in [0.1, 0.15) is 0 Å². The Kier molecular flexibility index (Phi) is 6.27. The molecule has 0 aliphatic heterocycles. The summed E-state index contributed by atoms with van der Waals surface area (Å²) in [5.74, 6) is -4.99. The van der Waals surface area contributed by atoms with Gasteiger partial charge in [0.15, 0.2) is 6.10 Å². The summed E-state index contributed by atoms with van der Waals surface area (Å²) in [4.78, 5) is 23.5. The van der Waals surface area contributed by atoms with Gasteiger partial charge in [0.25, 0.3) is 5.91 Å². The highest BCUT2D eigenvalue weighted by Crippen LogP contribution is 2.19. The number of amides is 1. The lowest BCUT2D eigenvalue weighted by Crippen LogP contribution is -2.30. The maximum Gasteiger partial charge on any atom is 0.341 e. The molecule has 0 heterocycles. The van der Waals surface area contributed by atoms with E-state index in [1.54, 1.807) is 24.3 Å². The number of aryl methyl sites for hydroxylation is 1. The first-order valence-corrected chi connectivity index (χ1v) is 9.36. The van der Waals surface area contributed by atoms with Gasteiger partial charge in [-0.1, -0.05) is 17.7 Å². The molecule has 2 aromatic carbocycles. The third kappa shape index (κ3) is 5.10. The van der Waals surface area contributed by atoms with Crippen LogP contribution in [0.25, 0.3) is 0 Å². The van der Waals surface area contributed by atoms with Crippen molar-refractivity contribution < 1.29 is 31.5 Å². The van der Waals surface area contributed by atoms with Crippen molar-refractivity contribution in [1.82, 2.24) is 0 Å². The van der Waals surface area contributed by atoms with Crippen LogP contribution in [0.5, 0.6) is 0 Å². The fraction of sp³-hybridized carbons (Fsp3) is 0.222. The molecular weight excluding hydrogens is 380 g/mol. The maximum absolute atomic E-state index is 12.5. The van der Waals surface area contributed by atoms with Gasteiger partial charge in [-0.3, -0.25) is 4.79 Å². The van der Waals surface area contributed by atoms with Gasteiger partial charge < -0.3 is 10.1 Å². The number of esters is 1. The largest absolute Gasteiger partial charge is 0.449 e. The van der Waals surface area contributed by atoms with Crippen molar-refractivity contribution in [3.63, 3.8) is 0 Å². The molecule has 9 heteroatoms. The van der Waals surface area contributed by atoms with Crippen LogP contribution in [-0.4, -0.2) is 32.2 Å². The lowest BCUT2D eigenvalue weighted by molar-refractivity contribution is -0.123. The number of ether oxygens (including phenoxy) is 1. The van der Waals surface area contributed by atoms with E-state index in [0.29, 0.717) is 5.69 Å². The fourth-order valence-corrected chi connectivity index (χ4v) is 2.77. The second-order valence-corrected chi connectivity index (χ2v) is 7.65. The quantitative estimate of drug-likeness (QED) is 0.757. The molecule has 144 valence electrons. The lowest BCUT2D eigenvalue weighted by Gasteiger charge is -2.14. The number of benzene rings is 2. The van der Waals surface area contributed by atoms with Crippen molar-refractivity contribution >= 4 is 27.4 Å². The molecule has 2 aromatic rings. The van der Waals surface area contributed by atoms with Crippen molar-refractivity contribution in [2.75, 3.05) is 5.32 Å². The minimum absolute atomic E-state index is 0.0711. The monoisotopic (exact) mass is 397 g/mol. The Labute approximate surface area is 155 Å². The molecule has 0 saturated carbocycles. The average Bonchev–Trinajstić information content (AvgIpc) is 2.63. The molecule has 0 aliphatic rings. The molecule has 1 N–H and O–H groups in total. The van der Waals surface area contributed by atoms with Crippen LogP contribution in [-0.2, 0) is 19.4 Å². The fourth-order valence-electron chi connectivity index (χ4n) is 2.05. The van der Waals surface area contributed by atoms with Crippen LogP contribution >= 0.6 is 0 Å². The zero-order chi connectivity index (χ0) is 20.2. The second-order valence-electron chi connectivity index (χ2n) is 5.73. The van der Waals surface area contributed by atoms with Crippen LogP contribution in [0.4, 0.5) is 14.5 Å². The molecule has 1 amide bonds. The summed E-state index contributed by atoms with van der Waals surface area (Å²) >= 11 is 0. The molecule has 27 heavy (non-hydrogen) atoms. The molecule has 0 aromatic heterocycles. The van der Waals surface area contributed by atoms with Gasteiger partial charge in [0, 0.05) is 5.69 Å². The lowest BCUT2D eigenvalue weighted by atomic mass is 10.2. The first-order valence-electron chi connectivity index (χ1n) is 7.82. The minimum atomic E-state index is -4.74. The van der Waals surface area contributed by atoms with E-state index in [-0.39, 0.29) is 5.56 Å². The normalized spacial score (nSPS) is 12.5. The average molecular weight is 397 g/mol. The summed E-state index contributed by atoms with van der Waals surface area (Å²) < 4.78 is 52.7. The van der Waals surface area contributed by atoms with Crippen LogP contribution in [0, 0.1) is 6.92 Å². The number of anilines is 1. The Balaban J connectivity index is 2.01. The molecule has 0 fully saturated rings. The first kappa shape index (κ1) is 20.5. The number of alkyl halides is 2. The van der Waals surface area contributed by atoms with Crippen LogP contribution in [0.15, 0.2) is 53.4 Å². The minimum Gasteiger partial charge on any atom is -0.449 e. The van der Waals surface area contributed by atoms with Gasteiger partial charge >= 0.3 is 11.7 Å². The molecule has 6 nitrogen and oxygen atoms in total. The first-order chi connectivity index (χ1) is 12.6. The second kappa shape index (κ2) is 8.26. The molecule has 0 radical (unpaired) electrons. The van der Waals surface area contributed by atoms with E-state index in [4.69, 9.17) is 4.74 Å². The van der Waals surface area contributed by atoms with Crippen molar-refractivity contribution in [2.24, 2.45) is 0 Å². The van der Waals surface area contributed by atoms with Crippen molar-refractivity contribution in [1.29, 1.82) is 0 Å². The van der Waals surface area contributed by atoms with Gasteiger partial charge in [-0.15, -0.1) is 0 Å². The van der Waals surface area contributed by atoms with E-state index in [0.717, 1.165) is 29.8 Å². The highest BCUT2D eigenvalue weighted by Gasteiger charge is 2.27. The van der Waals surface area contributed by atoms with E-state index in [1.165, 1.54) is 6.92 Å². The summed E-state index contributed by atoms with van der Waals surface area (Å²) in [7, 11) is -4.74. The zero-order valence-corrected chi connectivity index (χ0v) is 15.3. The van der Waals surface area contributed by atoms with Gasteiger partial charge in [0.05, 0.1) is 10.5 Å². The van der Waals surface area contributed by atoms with Crippen LogP contribution < -0.4 is 5.32 Å². The van der Waals surface area contributed by atoms with Crippen molar-refractivity contribution in [3.8, 4) is 0 Å². The third-order valence-corrected chi connectivity index (χ3v) is 5.02. The Morgan fingerprint density at radius 3 is 2.07 bits per heavy atom. The molecular formula is C18H17F2NO5S. The standard InChI is InChI=1S/C18H17F2NO5S/c1-11-3-7-14(8-4-11)21-16(22)12(2)26-17(23)13-5-9-15(10-6-13)27(24,25)18(19)20/h3-10,12,18H,1-2H3,(H,21,22)/t12-/m0/s1. The number of carbonyl (C=O) groups is 2. The van der Waals surface area contributed by atoms with Gasteiger partial charge in [0.2, 0.25) is 9.84 Å². The van der Waals surface area contributed by atoms with E-state index in [9.17, 15) is 26.8 Å². The molecule has 2 rings (SSSR count). The highest BCUT2D eigenvalue weighted by molar-refractivity contribution is 7.91. The van der Waals surface area contributed by atoms with Crippen molar-refractivity contribution in [2.45, 2.75) is 30.6 Å². The number of rotatable bonds is 6. The Morgan fingerprint density at radius 1 is 1.00 bits per heavy atom. The Bertz CT molecular complexity index is 925. The van der Waals surface area contributed by atoms with Crippen LogP contribution in [0.1, 0.15) is 22.8 Å². The maximum atomic E-state index is 12.5. The van der Waals surface area contributed by atoms with E-state index < -0.39 is 38.5 Å². The number of hydrogen-bond donors (Lipinski definition) is 1. The predicted octanol–water partition coefficient (Wildman–Crippen LogP) is 3.18. The summed E-state index contributed by atoms with van der Waals surface area (Å²) in [6.45, 7) is 3.27. The van der Waals surface area contributed by atoms with Crippen LogP contribution in [0.3, 0.4) is 0 Å². The zero-order valence-electron chi connectivity index (χ0n) is 14.5. The number of halogens is 2. The molecule has 0 spiro atoms. The topological polar surface area (TPSA) is 89.5 Å². The van der Waals surface area contributed by atoms with Gasteiger partial charge in [-0.2, -0.15) is 8.78 Å². The number of carbonyl (C=O) groups excluding carboxylic acids is 2. The number of nitrogens with one attached hydrogen (secondary N) is 1. The van der Waals surface area contributed by atoms with Gasteiger partial charge in [-0.05, 0) is 50.2 Å². The highest BCUT2D eigenvalue weighted by atomic mass is 32.2. The SMILES string of the molecule is Cc1ccc(NC(=O)[C@H](C)OC(=O)c2ccc(S(=O)(=O)C(F)F)cc2)cc1. The summed E-state index contributed by atoms with van der Waals surface area (Å²) in [5.41, 5.74) is 1.48. The Morgan fingerprint density at radius 2 is 1.56 bits per heavy atom. The summed E-state index contributed by atoms with van der Waals surface area (Å²) in [6, 6.07) is 10.9. The third-order valence-electron chi connectivity index (χ3n) is 3.63. The molecule has 0 bridgehead atoms. The molecule has 0 aliphatic carbocycles. The molecule has 1 atom stereocenters.